The van der Waals surface area contributed by atoms with E-state index in [-0.39, 0.29) is 17.3 Å². The summed E-state index contributed by atoms with van der Waals surface area (Å²) in [4.78, 5) is 26.5. The number of amidine groups is 2. The normalized spacial score (nSPS) is 14.5. The van der Waals surface area contributed by atoms with Crippen molar-refractivity contribution in [1.29, 1.82) is 5.41 Å². The molecule has 0 spiro atoms. The average molecular weight is 474 g/mol. The van der Waals surface area contributed by atoms with Crippen LogP contribution in [0.25, 0.3) is 0 Å². The summed E-state index contributed by atoms with van der Waals surface area (Å²) < 4.78 is 5.51. The minimum absolute atomic E-state index is 0.0198. The lowest BCUT2D eigenvalue weighted by Crippen LogP contribution is -2.41. The van der Waals surface area contributed by atoms with E-state index in [1.165, 1.54) is 0 Å². The fraction of sp³-hybridized carbons (Fsp3) is 0.308. The monoisotopic (exact) mass is 473 g/mol. The van der Waals surface area contributed by atoms with E-state index >= 15 is 0 Å². The van der Waals surface area contributed by atoms with Gasteiger partial charge in [0.05, 0.1) is 30.8 Å². The Hall–Kier alpha value is -3.98. The first-order valence-electron chi connectivity index (χ1n) is 11.6. The molecule has 0 radical (unpaired) electrons. The molecule has 1 saturated heterocycles. The number of aliphatic imine (C=N–C) groups is 1. The summed E-state index contributed by atoms with van der Waals surface area (Å²) in [6.07, 6.45) is 3.21. The molecule has 0 bridgehead atoms. The Balaban J connectivity index is 1.50. The maximum Gasteiger partial charge on any atom is 0.323 e. The summed E-state index contributed by atoms with van der Waals surface area (Å²) in [5.41, 5.74) is 3.84. The van der Waals surface area contributed by atoms with E-state index in [4.69, 9.17) is 15.1 Å². The van der Waals surface area contributed by atoms with E-state index in [1.807, 2.05) is 6.07 Å². The van der Waals surface area contributed by atoms with E-state index in [0.29, 0.717) is 43.2 Å². The molecule has 4 rings (SSSR count). The summed E-state index contributed by atoms with van der Waals surface area (Å²) in [5, 5.41) is 14.2. The Morgan fingerprint density at radius 3 is 2.40 bits per heavy atom. The SMILES string of the molecule is CC(C)(C)c1ccc(C(=NC(=N)c2ccc(NC(=O)Nc3cccnc3)cc2)N2CCOCC2)[nH]1. The zero-order chi connectivity index (χ0) is 24.8. The number of nitrogens with zero attached hydrogens (tertiary/aromatic N) is 3. The highest BCUT2D eigenvalue weighted by atomic mass is 16.5. The minimum atomic E-state index is -0.366. The Kier molecular flexibility index (Phi) is 7.26. The second-order valence-electron chi connectivity index (χ2n) is 9.32. The van der Waals surface area contributed by atoms with Gasteiger partial charge < -0.3 is 25.3 Å². The molecule has 4 N–H and O–H groups in total. The molecule has 9 nitrogen and oxygen atoms in total. The Labute approximate surface area is 205 Å². The fourth-order valence-electron chi connectivity index (χ4n) is 3.65. The molecule has 3 heterocycles. The first-order valence-corrected chi connectivity index (χ1v) is 11.6. The van der Waals surface area contributed by atoms with Crippen LogP contribution in [-0.4, -0.2) is 58.9 Å². The molecule has 0 atom stereocenters. The van der Waals surface area contributed by atoms with Crippen LogP contribution in [0.15, 0.2) is 65.9 Å². The van der Waals surface area contributed by atoms with Gasteiger partial charge in [0.25, 0.3) is 0 Å². The van der Waals surface area contributed by atoms with Crippen molar-refractivity contribution in [3.63, 3.8) is 0 Å². The van der Waals surface area contributed by atoms with Gasteiger partial charge in [-0.05, 0) is 48.5 Å². The van der Waals surface area contributed by atoms with Crippen LogP contribution < -0.4 is 10.6 Å². The molecule has 1 fully saturated rings. The zero-order valence-corrected chi connectivity index (χ0v) is 20.3. The molecule has 1 aromatic carbocycles. The summed E-state index contributed by atoms with van der Waals surface area (Å²) in [5.74, 6) is 0.872. The van der Waals surface area contributed by atoms with Crippen molar-refractivity contribution in [2.45, 2.75) is 26.2 Å². The highest BCUT2D eigenvalue weighted by Crippen LogP contribution is 2.22. The van der Waals surface area contributed by atoms with Gasteiger partial charge in [-0.3, -0.25) is 10.4 Å². The number of aromatic amines is 1. The average Bonchev–Trinajstić information content (AvgIpc) is 3.35. The van der Waals surface area contributed by atoms with Crippen LogP contribution in [0.3, 0.4) is 0 Å². The molecule has 1 aliphatic rings. The van der Waals surface area contributed by atoms with Crippen molar-refractivity contribution in [3.8, 4) is 0 Å². The van der Waals surface area contributed by atoms with Gasteiger partial charge in [0.1, 0.15) is 0 Å². The highest BCUT2D eigenvalue weighted by molar-refractivity contribution is 6.10. The third kappa shape index (κ3) is 6.33. The van der Waals surface area contributed by atoms with Gasteiger partial charge in [-0.25, -0.2) is 9.79 Å². The lowest BCUT2D eigenvalue weighted by molar-refractivity contribution is 0.0682. The molecule has 2 aromatic heterocycles. The number of carbonyl (C=O) groups excluding carboxylic acids is 1. The standard InChI is InChI=1S/C26H31N7O2/c1-26(2,3)22-11-10-21(31-22)24(33-13-15-35-16-14-33)32-23(27)18-6-8-19(9-7-18)29-25(34)30-20-5-4-12-28-17-20/h4-12,17,27,31H,13-16H2,1-3H3,(H2,29,30,34). The predicted molar refractivity (Wildman–Crippen MR) is 139 cm³/mol. The van der Waals surface area contributed by atoms with Gasteiger partial charge in [0.15, 0.2) is 11.7 Å². The van der Waals surface area contributed by atoms with Gasteiger partial charge in [0.2, 0.25) is 0 Å². The number of pyridine rings is 1. The van der Waals surface area contributed by atoms with Crippen molar-refractivity contribution in [2.75, 3.05) is 36.9 Å². The van der Waals surface area contributed by atoms with Gasteiger partial charge >= 0.3 is 6.03 Å². The smallest absolute Gasteiger partial charge is 0.323 e. The number of ether oxygens (including phenoxy) is 1. The summed E-state index contributed by atoms with van der Waals surface area (Å²) in [6.45, 7) is 9.14. The van der Waals surface area contributed by atoms with Gasteiger partial charge in [-0.2, -0.15) is 0 Å². The topological polar surface area (TPSA) is 118 Å². The van der Waals surface area contributed by atoms with Crippen LogP contribution in [0.4, 0.5) is 16.2 Å². The predicted octanol–water partition coefficient (Wildman–Crippen LogP) is 4.46. The van der Waals surface area contributed by atoms with Crippen LogP contribution in [0.5, 0.6) is 0 Å². The van der Waals surface area contributed by atoms with E-state index in [2.05, 4.69) is 52.3 Å². The van der Waals surface area contributed by atoms with Gasteiger partial charge in [-0.1, -0.05) is 20.8 Å². The number of nitrogens with one attached hydrogen (secondary N) is 4. The number of carbonyl (C=O) groups is 1. The first kappa shape index (κ1) is 24.2. The third-order valence-electron chi connectivity index (χ3n) is 5.60. The number of hydrogen-bond donors (Lipinski definition) is 4. The van der Waals surface area contributed by atoms with Crippen LogP contribution in [0.1, 0.15) is 37.7 Å². The van der Waals surface area contributed by atoms with Gasteiger partial charge in [-0.15, -0.1) is 0 Å². The summed E-state index contributed by atoms with van der Waals surface area (Å²) in [6, 6.07) is 14.3. The van der Waals surface area contributed by atoms with E-state index in [9.17, 15) is 4.79 Å². The fourth-order valence-corrected chi connectivity index (χ4v) is 3.65. The lowest BCUT2D eigenvalue weighted by Gasteiger charge is -2.29. The molecule has 3 aromatic rings. The number of H-pyrrole nitrogens is 1. The minimum Gasteiger partial charge on any atom is -0.378 e. The molecular formula is C26H31N7O2. The molecule has 9 heteroatoms. The van der Waals surface area contributed by atoms with E-state index < -0.39 is 0 Å². The molecule has 35 heavy (non-hydrogen) atoms. The molecule has 0 unspecified atom stereocenters. The Morgan fingerprint density at radius 1 is 1.06 bits per heavy atom. The first-order chi connectivity index (χ1) is 16.8. The second kappa shape index (κ2) is 10.5. The van der Waals surface area contributed by atoms with Crippen molar-refractivity contribution >= 4 is 29.1 Å². The number of rotatable bonds is 4. The van der Waals surface area contributed by atoms with E-state index in [0.717, 1.165) is 17.2 Å². The van der Waals surface area contributed by atoms with Crippen molar-refractivity contribution in [1.82, 2.24) is 14.9 Å². The van der Waals surface area contributed by atoms with Crippen molar-refractivity contribution < 1.29 is 9.53 Å². The third-order valence-corrected chi connectivity index (χ3v) is 5.60. The maximum atomic E-state index is 12.2. The second-order valence-corrected chi connectivity index (χ2v) is 9.32. The molecular weight excluding hydrogens is 442 g/mol. The number of benzene rings is 1. The van der Waals surface area contributed by atoms with Crippen LogP contribution >= 0.6 is 0 Å². The largest absolute Gasteiger partial charge is 0.378 e. The quantitative estimate of drug-likeness (QED) is 0.330. The zero-order valence-electron chi connectivity index (χ0n) is 20.3. The van der Waals surface area contributed by atoms with Crippen molar-refractivity contribution in [2.24, 2.45) is 4.99 Å². The molecule has 0 saturated carbocycles. The number of amides is 2. The maximum absolute atomic E-state index is 12.2. The van der Waals surface area contributed by atoms with Gasteiger partial charge in [0, 0.05) is 41.6 Å². The van der Waals surface area contributed by atoms with Crippen LogP contribution in [0, 0.1) is 5.41 Å². The number of aromatic nitrogens is 2. The van der Waals surface area contributed by atoms with Crippen LogP contribution in [0.2, 0.25) is 0 Å². The molecule has 182 valence electrons. The van der Waals surface area contributed by atoms with Crippen molar-refractivity contribution in [3.05, 3.63) is 77.9 Å². The van der Waals surface area contributed by atoms with Crippen LogP contribution in [-0.2, 0) is 10.2 Å². The number of anilines is 2. The molecule has 2 amide bonds. The Morgan fingerprint density at radius 2 is 1.77 bits per heavy atom. The highest BCUT2D eigenvalue weighted by Gasteiger charge is 2.22. The Bertz CT molecular complexity index is 1190. The summed E-state index contributed by atoms with van der Waals surface area (Å²) >= 11 is 0. The molecule has 1 aliphatic heterocycles. The number of morpholine rings is 1. The lowest BCUT2D eigenvalue weighted by atomic mass is 9.93. The van der Waals surface area contributed by atoms with E-state index in [1.54, 1.807) is 48.8 Å². The molecule has 0 aliphatic carbocycles. The number of urea groups is 1. The summed E-state index contributed by atoms with van der Waals surface area (Å²) in [7, 11) is 0. The number of hydrogen-bond acceptors (Lipinski definition) is 4.